The van der Waals surface area contributed by atoms with Gasteiger partial charge in [0.1, 0.15) is 0 Å². The number of fused-ring (bicyclic) bond motifs is 1. The number of aryl methyl sites for hydroxylation is 1. The van der Waals surface area contributed by atoms with Crippen LogP contribution in [0.5, 0.6) is 0 Å². The minimum absolute atomic E-state index is 0.224. The molecular weight excluding hydrogens is 250 g/mol. The molecule has 1 aromatic carbocycles. The average molecular weight is 271 g/mol. The van der Waals surface area contributed by atoms with Gasteiger partial charge < -0.3 is 9.47 Å². The Balaban J connectivity index is 1.62. The van der Waals surface area contributed by atoms with Crippen molar-refractivity contribution in [3.05, 3.63) is 30.6 Å². The van der Waals surface area contributed by atoms with E-state index in [1.54, 1.807) is 0 Å². The number of hydrogen-bond donors (Lipinski definition) is 0. The maximum atomic E-state index is 12.2. The van der Waals surface area contributed by atoms with Crippen LogP contribution in [0.15, 0.2) is 30.6 Å². The maximum absolute atomic E-state index is 12.2. The third kappa shape index (κ3) is 2.55. The molecule has 1 unspecified atom stereocenters. The molecule has 4 nitrogen and oxygen atoms in total. The summed E-state index contributed by atoms with van der Waals surface area (Å²) in [4.78, 5) is 18.5. The van der Waals surface area contributed by atoms with Crippen LogP contribution in [0.4, 0.5) is 0 Å². The van der Waals surface area contributed by atoms with Gasteiger partial charge in [-0.15, -0.1) is 0 Å². The Labute approximate surface area is 119 Å². The van der Waals surface area contributed by atoms with E-state index in [-0.39, 0.29) is 5.91 Å². The first kappa shape index (κ1) is 13.2. The first-order valence-corrected chi connectivity index (χ1v) is 7.32. The summed E-state index contributed by atoms with van der Waals surface area (Å²) in [5.41, 5.74) is 2.08. The van der Waals surface area contributed by atoms with Crippen LogP contribution in [0.25, 0.3) is 11.0 Å². The van der Waals surface area contributed by atoms with Crippen molar-refractivity contribution in [2.24, 2.45) is 5.92 Å². The molecule has 0 N–H and O–H groups in total. The van der Waals surface area contributed by atoms with Gasteiger partial charge in [0.25, 0.3) is 0 Å². The predicted molar refractivity (Wildman–Crippen MR) is 79.3 cm³/mol. The van der Waals surface area contributed by atoms with Gasteiger partial charge in [0.05, 0.1) is 17.4 Å². The molecule has 1 amide bonds. The number of rotatable bonds is 5. The van der Waals surface area contributed by atoms with Gasteiger partial charge in [-0.25, -0.2) is 4.98 Å². The smallest absolute Gasteiger partial charge is 0.224 e. The zero-order chi connectivity index (χ0) is 14.1. The van der Waals surface area contributed by atoms with E-state index < -0.39 is 0 Å². The highest BCUT2D eigenvalue weighted by molar-refractivity contribution is 5.77. The van der Waals surface area contributed by atoms with Crippen molar-refractivity contribution in [3.8, 4) is 0 Å². The maximum Gasteiger partial charge on any atom is 0.224 e. The molecule has 1 atom stereocenters. The van der Waals surface area contributed by atoms with E-state index in [1.165, 1.54) is 12.8 Å². The summed E-state index contributed by atoms with van der Waals surface area (Å²) in [6.45, 7) is 2.85. The van der Waals surface area contributed by atoms with E-state index in [0.29, 0.717) is 19.0 Å². The van der Waals surface area contributed by atoms with Crippen LogP contribution >= 0.6 is 0 Å². The lowest BCUT2D eigenvalue weighted by atomic mass is 10.2. The summed E-state index contributed by atoms with van der Waals surface area (Å²) in [5, 5.41) is 0. The topological polar surface area (TPSA) is 38.1 Å². The van der Waals surface area contributed by atoms with E-state index in [1.807, 2.05) is 42.5 Å². The van der Waals surface area contributed by atoms with Gasteiger partial charge >= 0.3 is 0 Å². The third-order valence-corrected chi connectivity index (χ3v) is 4.40. The minimum Gasteiger partial charge on any atom is -0.343 e. The summed E-state index contributed by atoms with van der Waals surface area (Å²) in [7, 11) is 1.93. The number of para-hydroxylation sites is 2. The van der Waals surface area contributed by atoms with Gasteiger partial charge in [-0.1, -0.05) is 12.1 Å². The molecule has 1 aliphatic rings. The number of amides is 1. The second-order valence-electron chi connectivity index (χ2n) is 5.76. The van der Waals surface area contributed by atoms with E-state index in [2.05, 4.69) is 16.5 Å². The van der Waals surface area contributed by atoms with Crippen LogP contribution in [0.1, 0.15) is 26.2 Å². The Bertz CT molecular complexity index is 615. The fraction of sp³-hybridized carbons (Fsp3) is 0.500. The first-order chi connectivity index (χ1) is 9.66. The number of benzene rings is 1. The number of carbonyl (C=O) groups excluding carboxylic acids is 1. The van der Waals surface area contributed by atoms with E-state index in [0.717, 1.165) is 17.0 Å². The van der Waals surface area contributed by atoms with Crippen molar-refractivity contribution in [3.63, 3.8) is 0 Å². The monoisotopic (exact) mass is 271 g/mol. The molecule has 1 saturated carbocycles. The van der Waals surface area contributed by atoms with Crippen LogP contribution < -0.4 is 0 Å². The Morgan fingerprint density at radius 2 is 2.20 bits per heavy atom. The number of carbonyl (C=O) groups is 1. The molecule has 2 aromatic rings. The van der Waals surface area contributed by atoms with Crippen molar-refractivity contribution in [2.45, 2.75) is 38.8 Å². The fourth-order valence-corrected chi connectivity index (χ4v) is 2.70. The molecule has 4 heteroatoms. The number of imidazole rings is 1. The quantitative estimate of drug-likeness (QED) is 0.838. The predicted octanol–water partition coefficient (Wildman–Crippen LogP) is 2.68. The van der Waals surface area contributed by atoms with Gasteiger partial charge in [0.2, 0.25) is 5.91 Å². The molecule has 0 radical (unpaired) electrons. The Kier molecular flexibility index (Phi) is 3.47. The molecule has 0 spiro atoms. The summed E-state index contributed by atoms with van der Waals surface area (Å²) in [6.07, 6.45) is 4.89. The van der Waals surface area contributed by atoms with Crippen molar-refractivity contribution in [1.29, 1.82) is 0 Å². The molecular formula is C16H21N3O. The highest BCUT2D eigenvalue weighted by Crippen LogP contribution is 2.34. The van der Waals surface area contributed by atoms with Crippen LogP contribution in [-0.4, -0.2) is 33.4 Å². The van der Waals surface area contributed by atoms with Crippen molar-refractivity contribution >= 4 is 16.9 Å². The number of aromatic nitrogens is 2. The first-order valence-electron chi connectivity index (χ1n) is 7.32. The SMILES string of the molecule is CC(C1CC1)N(C)C(=O)CCn1cnc2ccccc21. The lowest BCUT2D eigenvalue weighted by Gasteiger charge is -2.25. The van der Waals surface area contributed by atoms with Gasteiger partial charge in [-0.05, 0) is 37.8 Å². The van der Waals surface area contributed by atoms with Crippen LogP contribution in [0.2, 0.25) is 0 Å². The lowest BCUT2D eigenvalue weighted by Crippen LogP contribution is -2.36. The van der Waals surface area contributed by atoms with Gasteiger partial charge in [-0.3, -0.25) is 4.79 Å². The molecule has 20 heavy (non-hydrogen) atoms. The Morgan fingerprint density at radius 3 is 2.95 bits per heavy atom. The highest BCUT2D eigenvalue weighted by atomic mass is 16.2. The normalized spacial score (nSPS) is 16.3. The van der Waals surface area contributed by atoms with Crippen LogP contribution in [0.3, 0.4) is 0 Å². The minimum atomic E-state index is 0.224. The molecule has 106 valence electrons. The van der Waals surface area contributed by atoms with Gasteiger partial charge in [-0.2, -0.15) is 0 Å². The number of nitrogens with zero attached hydrogens (tertiary/aromatic N) is 3. The standard InChI is InChI=1S/C16H21N3O/c1-12(13-7-8-13)18(2)16(20)9-10-19-11-17-14-5-3-4-6-15(14)19/h3-6,11-13H,7-10H2,1-2H3. The van der Waals surface area contributed by atoms with Gasteiger partial charge in [0, 0.05) is 26.1 Å². The van der Waals surface area contributed by atoms with Crippen LogP contribution in [0, 0.1) is 5.92 Å². The Hall–Kier alpha value is -1.84. The molecule has 0 aliphatic heterocycles. The molecule has 1 fully saturated rings. The van der Waals surface area contributed by atoms with Crippen molar-refractivity contribution in [2.75, 3.05) is 7.05 Å². The molecule has 0 saturated heterocycles. The zero-order valence-corrected chi connectivity index (χ0v) is 12.1. The molecule has 1 aromatic heterocycles. The second-order valence-corrected chi connectivity index (χ2v) is 5.76. The third-order valence-electron chi connectivity index (χ3n) is 4.40. The van der Waals surface area contributed by atoms with Crippen LogP contribution in [-0.2, 0) is 11.3 Å². The zero-order valence-electron chi connectivity index (χ0n) is 12.1. The highest BCUT2D eigenvalue weighted by Gasteiger charge is 2.32. The number of hydrogen-bond acceptors (Lipinski definition) is 2. The summed E-state index contributed by atoms with van der Waals surface area (Å²) in [6, 6.07) is 8.40. The van der Waals surface area contributed by atoms with Crippen molar-refractivity contribution < 1.29 is 4.79 Å². The van der Waals surface area contributed by atoms with E-state index in [9.17, 15) is 4.79 Å². The summed E-state index contributed by atoms with van der Waals surface area (Å²) in [5.74, 6) is 0.945. The largest absolute Gasteiger partial charge is 0.343 e. The summed E-state index contributed by atoms with van der Waals surface area (Å²) < 4.78 is 2.06. The van der Waals surface area contributed by atoms with Crippen molar-refractivity contribution in [1.82, 2.24) is 14.5 Å². The molecule has 1 aliphatic carbocycles. The Morgan fingerprint density at radius 1 is 1.45 bits per heavy atom. The molecule has 3 rings (SSSR count). The van der Waals surface area contributed by atoms with E-state index in [4.69, 9.17) is 0 Å². The van der Waals surface area contributed by atoms with E-state index >= 15 is 0 Å². The fourth-order valence-electron chi connectivity index (χ4n) is 2.70. The molecule has 1 heterocycles. The van der Waals surface area contributed by atoms with Gasteiger partial charge in [0.15, 0.2) is 0 Å². The molecule has 0 bridgehead atoms. The second kappa shape index (κ2) is 5.27. The summed E-state index contributed by atoms with van der Waals surface area (Å²) >= 11 is 0. The lowest BCUT2D eigenvalue weighted by molar-refractivity contribution is -0.132. The average Bonchev–Trinajstić information content (AvgIpc) is 3.24.